The number of halogens is 4. The number of anilines is 2. The number of hydrogen-bond acceptors (Lipinski definition) is 7. The van der Waals surface area contributed by atoms with Crippen LogP contribution in [0.3, 0.4) is 0 Å². The highest BCUT2D eigenvalue weighted by molar-refractivity contribution is 5.90. The average Bonchev–Trinajstić information content (AvgIpc) is 3.17. The van der Waals surface area contributed by atoms with Crippen LogP contribution in [0.5, 0.6) is 0 Å². The number of ether oxygens (including phenoxy) is 1. The number of aryl methyl sites for hydroxylation is 1. The van der Waals surface area contributed by atoms with Crippen molar-refractivity contribution in [2.24, 2.45) is 0 Å². The van der Waals surface area contributed by atoms with Gasteiger partial charge in [-0.15, -0.1) is 0 Å². The Morgan fingerprint density at radius 1 is 1.18 bits per heavy atom. The first kappa shape index (κ1) is 27.3. The minimum absolute atomic E-state index is 0.00349. The Bertz CT molecular complexity index is 1330. The van der Waals surface area contributed by atoms with Gasteiger partial charge in [0.25, 0.3) is 6.43 Å². The molecule has 0 saturated carbocycles. The van der Waals surface area contributed by atoms with E-state index in [1.807, 2.05) is 0 Å². The molecule has 0 radical (unpaired) electrons. The fraction of sp³-hybridized carbons (Fsp3) is 0.462. The van der Waals surface area contributed by atoms with Crippen LogP contribution in [0.4, 0.5) is 34.0 Å². The van der Waals surface area contributed by atoms with Crippen LogP contribution in [0.25, 0.3) is 10.9 Å². The molecule has 3 aromatic rings. The third kappa shape index (κ3) is 6.05. The van der Waals surface area contributed by atoms with Crippen molar-refractivity contribution >= 4 is 28.6 Å². The smallest absolute Gasteiger partial charge is 0.408 e. The van der Waals surface area contributed by atoms with Gasteiger partial charge in [0.15, 0.2) is 0 Å². The fourth-order valence-electron chi connectivity index (χ4n) is 4.32. The zero-order valence-electron chi connectivity index (χ0n) is 21.7. The minimum Gasteiger partial charge on any atom is -0.444 e. The summed E-state index contributed by atoms with van der Waals surface area (Å²) in [6.45, 7) is 8.65. The maximum absolute atomic E-state index is 14.8. The second kappa shape index (κ2) is 10.6. The normalized spacial score (nSPS) is 18.6. The largest absolute Gasteiger partial charge is 0.444 e. The molecule has 4 rings (SSSR count). The van der Waals surface area contributed by atoms with Crippen LogP contribution in [0.2, 0.25) is 0 Å². The molecule has 3 atom stereocenters. The number of benzene rings is 1. The predicted octanol–water partition coefficient (Wildman–Crippen LogP) is 5.63. The van der Waals surface area contributed by atoms with Crippen LogP contribution >= 0.6 is 0 Å². The summed E-state index contributed by atoms with van der Waals surface area (Å²) in [7, 11) is 0. The van der Waals surface area contributed by atoms with E-state index in [2.05, 4.69) is 25.6 Å². The second-order valence-electron chi connectivity index (χ2n) is 10.3. The van der Waals surface area contributed by atoms with Gasteiger partial charge in [0, 0.05) is 17.5 Å². The molecule has 3 heterocycles. The molecule has 0 spiro atoms. The molecule has 0 bridgehead atoms. The number of nitrogens with one attached hydrogen (secondary N) is 2. The number of amides is 1. The molecule has 38 heavy (non-hydrogen) atoms. The molecule has 0 aliphatic carbocycles. The molecule has 2 N–H and O–H groups in total. The summed E-state index contributed by atoms with van der Waals surface area (Å²) in [5.41, 5.74) is -0.818. The van der Waals surface area contributed by atoms with Crippen molar-refractivity contribution in [3.8, 4) is 0 Å². The lowest BCUT2D eigenvalue weighted by atomic mass is 10.0. The van der Waals surface area contributed by atoms with E-state index in [-0.39, 0.29) is 18.7 Å². The zero-order chi connectivity index (χ0) is 27.8. The monoisotopic (exact) mass is 534 g/mol. The highest BCUT2D eigenvalue weighted by Gasteiger charge is 2.36. The highest BCUT2D eigenvalue weighted by atomic mass is 19.3. The first-order valence-electron chi connectivity index (χ1n) is 12.2. The Labute approximate surface area is 217 Å². The van der Waals surface area contributed by atoms with E-state index in [9.17, 15) is 22.4 Å². The Balaban J connectivity index is 1.58. The van der Waals surface area contributed by atoms with Gasteiger partial charge in [0.05, 0.1) is 35.9 Å². The molecule has 1 aromatic carbocycles. The molecule has 1 amide bonds. The molecule has 1 aliphatic rings. The summed E-state index contributed by atoms with van der Waals surface area (Å²) < 4.78 is 61.2. The summed E-state index contributed by atoms with van der Waals surface area (Å²) in [5.74, 6) is 0.234. The van der Waals surface area contributed by atoms with Gasteiger partial charge in [-0.3, -0.25) is 0 Å². The van der Waals surface area contributed by atoms with Gasteiger partial charge in [-0.05, 0) is 40.7 Å². The van der Waals surface area contributed by atoms with E-state index >= 15 is 0 Å². The summed E-state index contributed by atoms with van der Waals surface area (Å²) in [5, 5.41) is 6.21. The van der Waals surface area contributed by atoms with E-state index in [4.69, 9.17) is 4.74 Å². The number of nitrogens with zero attached hydrogens (tertiary/aromatic N) is 4. The summed E-state index contributed by atoms with van der Waals surface area (Å²) in [4.78, 5) is 27.1. The predicted molar refractivity (Wildman–Crippen MR) is 136 cm³/mol. The number of hydrogen-bond donors (Lipinski definition) is 2. The Kier molecular flexibility index (Phi) is 7.61. The maximum atomic E-state index is 14.8. The van der Waals surface area contributed by atoms with Gasteiger partial charge in [-0.25, -0.2) is 37.3 Å². The van der Waals surface area contributed by atoms with E-state index in [0.717, 1.165) is 6.07 Å². The van der Waals surface area contributed by atoms with Crippen molar-refractivity contribution < 1.29 is 27.1 Å². The third-order valence-electron chi connectivity index (χ3n) is 6.07. The van der Waals surface area contributed by atoms with Crippen LogP contribution in [-0.4, -0.2) is 51.9 Å². The van der Waals surface area contributed by atoms with Gasteiger partial charge in [0.2, 0.25) is 0 Å². The Morgan fingerprint density at radius 2 is 1.89 bits per heavy atom. The second-order valence-corrected chi connectivity index (χ2v) is 10.3. The standard InChI is InChI=1S/C26H30F4N6O2/c1-13(15-7-6-8-16(22(15)28)23(29)30)32-24-17-9-21(31-10-19(17)33-14(2)34-24)36-11-18(27)20(12-36)35-25(37)38-26(3,4)5/h6-10,13,18,20,23H,11-12H2,1-5H3,(H,35,37)(H,32,33,34)/t13-,18+,20-/m1/s1. The van der Waals surface area contributed by atoms with Crippen LogP contribution in [-0.2, 0) is 4.74 Å². The first-order chi connectivity index (χ1) is 17.8. The zero-order valence-corrected chi connectivity index (χ0v) is 21.7. The molecule has 1 aliphatic heterocycles. The van der Waals surface area contributed by atoms with Gasteiger partial charge < -0.3 is 20.3 Å². The first-order valence-corrected chi connectivity index (χ1v) is 12.2. The van der Waals surface area contributed by atoms with Crippen molar-refractivity contribution in [2.75, 3.05) is 23.3 Å². The molecule has 0 unspecified atom stereocenters. The molecule has 2 aromatic heterocycles. The summed E-state index contributed by atoms with van der Waals surface area (Å²) >= 11 is 0. The molecular formula is C26H30F4N6O2. The lowest BCUT2D eigenvalue weighted by molar-refractivity contribution is 0.0490. The Morgan fingerprint density at radius 3 is 2.58 bits per heavy atom. The molecule has 1 fully saturated rings. The van der Waals surface area contributed by atoms with Crippen LogP contribution in [0.1, 0.15) is 57.1 Å². The average molecular weight is 535 g/mol. The van der Waals surface area contributed by atoms with Crippen molar-refractivity contribution in [1.82, 2.24) is 20.3 Å². The molecule has 1 saturated heterocycles. The van der Waals surface area contributed by atoms with E-state index in [0.29, 0.717) is 28.4 Å². The minimum atomic E-state index is -2.94. The number of rotatable bonds is 6. The summed E-state index contributed by atoms with van der Waals surface area (Å²) in [6, 6.07) is 4.05. The van der Waals surface area contributed by atoms with Crippen molar-refractivity contribution in [3.05, 3.63) is 53.2 Å². The molecule has 204 valence electrons. The lowest BCUT2D eigenvalue weighted by Gasteiger charge is -2.22. The maximum Gasteiger partial charge on any atom is 0.408 e. The summed E-state index contributed by atoms with van der Waals surface area (Å²) in [6.07, 6.45) is -3.47. The number of carbonyl (C=O) groups is 1. The van der Waals surface area contributed by atoms with Gasteiger partial charge in [-0.1, -0.05) is 18.2 Å². The SMILES string of the molecule is Cc1nc(N[C@H](C)c2cccc(C(F)F)c2F)c2cc(N3C[C@H](F)[C@H](NC(=O)OC(C)(C)C)C3)ncc2n1. The van der Waals surface area contributed by atoms with Crippen molar-refractivity contribution in [3.63, 3.8) is 0 Å². The topological polar surface area (TPSA) is 92.3 Å². The van der Waals surface area contributed by atoms with Crippen LogP contribution in [0, 0.1) is 12.7 Å². The van der Waals surface area contributed by atoms with E-state index in [1.54, 1.807) is 45.6 Å². The molecular weight excluding hydrogens is 504 g/mol. The Hall–Kier alpha value is -3.70. The number of carbonyl (C=O) groups excluding carboxylic acids is 1. The van der Waals surface area contributed by atoms with Crippen LogP contribution < -0.4 is 15.5 Å². The van der Waals surface area contributed by atoms with E-state index < -0.39 is 47.8 Å². The van der Waals surface area contributed by atoms with Crippen molar-refractivity contribution in [2.45, 2.75) is 64.9 Å². The van der Waals surface area contributed by atoms with Crippen molar-refractivity contribution in [1.29, 1.82) is 0 Å². The van der Waals surface area contributed by atoms with Gasteiger partial charge in [-0.2, -0.15) is 0 Å². The lowest BCUT2D eigenvalue weighted by Crippen LogP contribution is -2.44. The number of aromatic nitrogens is 3. The fourth-order valence-corrected chi connectivity index (χ4v) is 4.32. The molecule has 8 nitrogen and oxygen atoms in total. The molecule has 12 heteroatoms. The quantitative estimate of drug-likeness (QED) is 0.396. The number of alkyl carbamates (subject to hydrolysis) is 1. The van der Waals surface area contributed by atoms with Gasteiger partial charge >= 0.3 is 6.09 Å². The third-order valence-corrected chi connectivity index (χ3v) is 6.07. The number of alkyl halides is 3. The van der Waals surface area contributed by atoms with Gasteiger partial charge in [0.1, 0.15) is 35.1 Å². The van der Waals surface area contributed by atoms with E-state index in [1.165, 1.54) is 18.3 Å². The highest BCUT2D eigenvalue weighted by Crippen LogP contribution is 2.32. The number of fused-ring (bicyclic) bond motifs is 1. The number of pyridine rings is 1. The van der Waals surface area contributed by atoms with Crippen LogP contribution in [0.15, 0.2) is 30.5 Å².